The molecule has 0 fully saturated rings. The van der Waals surface area contributed by atoms with Gasteiger partial charge in [0.25, 0.3) is 0 Å². The number of fused-ring (bicyclic) bond motifs is 1. The van der Waals surface area contributed by atoms with Crippen LogP contribution in [0.4, 0.5) is 4.39 Å². The van der Waals surface area contributed by atoms with Crippen LogP contribution in [0.2, 0.25) is 0 Å². The van der Waals surface area contributed by atoms with Crippen LogP contribution < -0.4 is 0 Å². The third-order valence-corrected chi connectivity index (χ3v) is 5.23. The Labute approximate surface area is 149 Å². The lowest BCUT2D eigenvalue weighted by Gasteiger charge is -2.39. The monoisotopic (exact) mass is 342 g/mol. The van der Waals surface area contributed by atoms with Gasteiger partial charge in [0.05, 0.1) is 6.04 Å². The van der Waals surface area contributed by atoms with E-state index in [0.29, 0.717) is 6.54 Å². The van der Waals surface area contributed by atoms with Crippen LogP contribution in [0.5, 0.6) is 0 Å². The molecule has 25 heavy (non-hydrogen) atoms. The van der Waals surface area contributed by atoms with Crippen LogP contribution in [0.3, 0.4) is 0 Å². The molecule has 2 heterocycles. The highest BCUT2D eigenvalue weighted by Crippen LogP contribution is 2.34. The van der Waals surface area contributed by atoms with Crippen molar-refractivity contribution in [2.75, 3.05) is 6.54 Å². The average molecular weight is 342 g/mol. The first-order chi connectivity index (χ1) is 12.2. The highest BCUT2D eigenvalue weighted by molar-refractivity contribution is 5.80. The second kappa shape index (κ2) is 7.85. The molecule has 2 unspecified atom stereocenters. The first-order valence-corrected chi connectivity index (χ1v) is 9.36. The quantitative estimate of drug-likeness (QED) is 0.742. The largest absolute Gasteiger partial charge is 0.348 e. The molecule has 0 aliphatic carbocycles. The Morgan fingerprint density at radius 2 is 2.08 bits per heavy atom. The van der Waals surface area contributed by atoms with Gasteiger partial charge in [-0.2, -0.15) is 0 Å². The first-order valence-electron chi connectivity index (χ1n) is 9.36. The maximum absolute atomic E-state index is 13.8. The number of unbranched alkanes of at least 4 members (excludes halogenated alkanes) is 1. The molecular formula is C21H27FN2O. The summed E-state index contributed by atoms with van der Waals surface area (Å²) in [7, 11) is 0. The fourth-order valence-corrected chi connectivity index (χ4v) is 3.84. The van der Waals surface area contributed by atoms with Gasteiger partial charge in [-0.05, 0) is 42.7 Å². The van der Waals surface area contributed by atoms with E-state index in [1.807, 2.05) is 29.3 Å². The third-order valence-electron chi connectivity index (χ3n) is 5.23. The number of benzene rings is 1. The lowest BCUT2D eigenvalue weighted by molar-refractivity contribution is -0.138. The van der Waals surface area contributed by atoms with E-state index in [-0.39, 0.29) is 23.7 Å². The van der Waals surface area contributed by atoms with E-state index in [2.05, 4.69) is 18.4 Å². The zero-order valence-electron chi connectivity index (χ0n) is 15.1. The highest BCUT2D eigenvalue weighted by atomic mass is 19.1. The molecule has 1 aliphatic heterocycles. The van der Waals surface area contributed by atoms with Crippen LogP contribution in [0.25, 0.3) is 0 Å². The molecule has 0 saturated heterocycles. The van der Waals surface area contributed by atoms with Crippen molar-refractivity contribution in [3.63, 3.8) is 0 Å². The number of carbonyl (C=O) groups is 1. The number of amides is 1. The van der Waals surface area contributed by atoms with E-state index in [4.69, 9.17) is 0 Å². The third kappa shape index (κ3) is 3.63. The minimum atomic E-state index is -0.258. The normalized spacial score (nSPS) is 18.0. The maximum Gasteiger partial charge on any atom is 0.226 e. The van der Waals surface area contributed by atoms with Crippen LogP contribution in [0.1, 0.15) is 56.8 Å². The van der Waals surface area contributed by atoms with Gasteiger partial charge < -0.3 is 9.47 Å². The number of nitrogens with zero attached hydrogens (tertiary/aromatic N) is 2. The highest BCUT2D eigenvalue weighted by Gasteiger charge is 2.34. The minimum Gasteiger partial charge on any atom is -0.348 e. The minimum absolute atomic E-state index is 0.0533. The number of carbonyl (C=O) groups excluding carboxylic acids is 1. The molecule has 3 nitrogen and oxygen atoms in total. The number of hydrogen-bond donors (Lipinski definition) is 0. The molecule has 1 aliphatic rings. The van der Waals surface area contributed by atoms with Gasteiger partial charge in [-0.15, -0.1) is 0 Å². The first kappa shape index (κ1) is 17.7. The summed E-state index contributed by atoms with van der Waals surface area (Å²) in [6.45, 7) is 5.71. The molecule has 4 heteroatoms. The van der Waals surface area contributed by atoms with Crippen LogP contribution in [-0.4, -0.2) is 21.9 Å². The molecule has 0 saturated carbocycles. The molecule has 3 rings (SSSR count). The standard InChI is InChI=1S/C21H27FN2O/c1-3-5-8-16(4-2)21(25)24-14-13-23-12-7-11-19(23)20(24)17-9-6-10-18(22)15-17/h6-7,9-12,15-16,20H,3-5,8,13-14H2,1-2H3. The molecule has 0 N–H and O–H groups in total. The smallest absolute Gasteiger partial charge is 0.226 e. The molecule has 134 valence electrons. The van der Waals surface area contributed by atoms with Crippen LogP contribution in [0.15, 0.2) is 42.6 Å². The Hall–Kier alpha value is -2.10. The molecule has 0 radical (unpaired) electrons. The summed E-state index contributed by atoms with van der Waals surface area (Å²) in [6.07, 6.45) is 5.99. The van der Waals surface area contributed by atoms with Crippen molar-refractivity contribution in [1.29, 1.82) is 0 Å². The summed E-state index contributed by atoms with van der Waals surface area (Å²) in [6, 6.07) is 10.5. The van der Waals surface area contributed by atoms with Gasteiger partial charge in [-0.3, -0.25) is 4.79 Å². The molecule has 1 amide bonds. The molecule has 1 aromatic heterocycles. The topological polar surface area (TPSA) is 25.2 Å². The average Bonchev–Trinajstić information content (AvgIpc) is 3.10. The number of rotatable bonds is 6. The van der Waals surface area contributed by atoms with E-state index in [1.165, 1.54) is 6.07 Å². The number of aromatic nitrogens is 1. The predicted molar refractivity (Wildman–Crippen MR) is 97.7 cm³/mol. The van der Waals surface area contributed by atoms with E-state index >= 15 is 0 Å². The zero-order valence-corrected chi connectivity index (χ0v) is 15.1. The van der Waals surface area contributed by atoms with Crippen molar-refractivity contribution in [1.82, 2.24) is 9.47 Å². The molecule has 1 aromatic carbocycles. The summed E-state index contributed by atoms with van der Waals surface area (Å²) in [5, 5.41) is 0. The van der Waals surface area contributed by atoms with Crippen molar-refractivity contribution in [2.45, 2.75) is 52.1 Å². The van der Waals surface area contributed by atoms with Crippen molar-refractivity contribution < 1.29 is 9.18 Å². The van der Waals surface area contributed by atoms with Gasteiger partial charge in [0.15, 0.2) is 0 Å². The summed E-state index contributed by atoms with van der Waals surface area (Å²) >= 11 is 0. The van der Waals surface area contributed by atoms with Crippen molar-refractivity contribution in [3.05, 3.63) is 59.7 Å². The van der Waals surface area contributed by atoms with E-state index in [1.54, 1.807) is 12.1 Å². The molecule has 0 spiro atoms. The lowest BCUT2D eigenvalue weighted by Crippen LogP contribution is -2.45. The fourth-order valence-electron chi connectivity index (χ4n) is 3.84. The van der Waals surface area contributed by atoms with Gasteiger partial charge >= 0.3 is 0 Å². The van der Waals surface area contributed by atoms with E-state index < -0.39 is 0 Å². The van der Waals surface area contributed by atoms with Crippen molar-refractivity contribution in [3.8, 4) is 0 Å². The zero-order chi connectivity index (χ0) is 17.8. The van der Waals surface area contributed by atoms with Gasteiger partial charge in [-0.25, -0.2) is 4.39 Å². The Morgan fingerprint density at radius 3 is 2.80 bits per heavy atom. The Bertz CT molecular complexity index is 724. The molecular weight excluding hydrogens is 315 g/mol. The number of halogens is 1. The van der Waals surface area contributed by atoms with Crippen molar-refractivity contribution >= 4 is 5.91 Å². The Balaban J connectivity index is 1.95. The Kier molecular flexibility index (Phi) is 5.57. The summed E-state index contributed by atoms with van der Waals surface area (Å²) in [5.41, 5.74) is 1.91. The summed E-state index contributed by atoms with van der Waals surface area (Å²) < 4.78 is 16.0. The van der Waals surface area contributed by atoms with Crippen molar-refractivity contribution in [2.24, 2.45) is 5.92 Å². The SMILES string of the molecule is CCCCC(CC)C(=O)N1CCn2cccc2C1c1cccc(F)c1. The fraction of sp³-hybridized carbons (Fsp3) is 0.476. The molecule has 2 aromatic rings. The Morgan fingerprint density at radius 1 is 1.24 bits per heavy atom. The maximum atomic E-state index is 13.8. The van der Waals surface area contributed by atoms with Gasteiger partial charge in [0.2, 0.25) is 5.91 Å². The van der Waals surface area contributed by atoms with Crippen LogP contribution in [0, 0.1) is 11.7 Å². The van der Waals surface area contributed by atoms with Crippen LogP contribution >= 0.6 is 0 Å². The second-order valence-corrected chi connectivity index (χ2v) is 6.86. The van der Waals surface area contributed by atoms with Gasteiger partial charge in [0, 0.05) is 30.9 Å². The van der Waals surface area contributed by atoms with Crippen LogP contribution in [-0.2, 0) is 11.3 Å². The molecule has 0 bridgehead atoms. The molecule has 2 atom stereocenters. The van der Waals surface area contributed by atoms with Gasteiger partial charge in [0.1, 0.15) is 5.82 Å². The van der Waals surface area contributed by atoms with E-state index in [9.17, 15) is 9.18 Å². The van der Waals surface area contributed by atoms with E-state index in [0.717, 1.165) is 43.5 Å². The van der Waals surface area contributed by atoms with Gasteiger partial charge in [-0.1, -0.05) is 38.8 Å². The lowest BCUT2D eigenvalue weighted by atomic mass is 9.93. The number of hydrogen-bond acceptors (Lipinski definition) is 1. The summed E-state index contributed by atoms with van der Waals surface area (Å²) in [4.78, 5) is 15.2. The summed E-state index contributed by atoms with van der Waals surface area (Å²) in [5.74, 6) is 0.00165. The second-order valence-electron chi connectivity index (χ2n) is 6.86. The predicted octanol–water partition coefficient (Wildman–Crippen LogP) is 4.78.